The third-order valence-corrected chi connectivity index (χ3v) is 3.96. The largest absolute Gasteiger partial charge is 0.478 e. The van der Waals surface area contributed by atoms with Gasteiger partial charge >= 0.3 is 5.97 Å². The minimum Gasteiger partial charge on any atom is -0.478 e. The summed E-state index contributed by atoms with van der Waals surface area (Å²) in [5.41, 5.74) is 3.56. The summed E-state index contributed by atoms with van der Waals surface area (Å²) in [4.78, 5) is 15.6. The number of hydrogen-bond acceptors (Lipinski definition) is 4. The summed E-state index contributed by atoms with van der Waals surface area (Å²) < 4.78 is 0. The maximum Gasteiger partial charge on any atom is 0.335 e. The molecule has 0 aliphatic heterocycles. The fourth-order valence-corrected chi connectivity index (χ4v) is 2.80. The van der Waals surface area contributed by atoms with Crippen molar-refractivity contribution in [3.63, 3.8) is 0 Å². The summed E-state index contributed by atoms with van der Waals surface area (Å²) in [6.07, 6.45) is 1.73. The van der Waals surface area contributed by atoms with Crippen LogP contribution in [0, 0.1) is 6.92 Å². The smallest absolute Gasteiger partial charge is 0.335 e. The van der Waals surface area contributed by atoms with Gasteiger partial charge in [0, 0.05) is 12.2 Å². The number of rotatable bonds is 6. The molecular formula is C15H18N2O2S. The van der Waals surface area contributed by atoms with Gasteiger partial charge in [-0.3, -0.25) is 0 Å². The Balaban J connectivity index is 2.17. The van der Waals surface area contributed by atoms with Crippen LogP contribution in [0.15, 0.2) is 22.9 Å². The van der Waals surface area contributed by atoms with Gasteiger partial charge < -0.3 is 10.4 Å². The van der Waals surface area contributed by atoms with E-state index in [1.165, 1.54) is 11.1 Å². The van der Waals surface area contributed by atoms with Crippen molar-refractivity contribution in [1.82, 2.24) is 4.98 Å². The Morgan fingerprint density at radius 2 is 2.20 bits per heavy atom. The highest BCUT2D eigenvalue weighted by Gasteiger charge is 2.08. The highest BCUT2D eigenvalue weighted by Crippen LogP contribution is 2.17. The first-order valence-corrected chi connectivity index (χ1v) is 7.54. The number of aryl methyl sites for hydroxylation is 2. The number of aromatic carboxylic acids is 1. The lowest BCUT2D eigenvalue weighted by Crippen LogP contribution is -2.06. The van der Waals surface area contributed by atoms with Crippen molar-refractivity contribution in [2.24, 2.45) is 0 Å². The fraction of sp³-hybridized carbons (Fsp3) is 0.333. The molecule has 2 N–H and O–H groups in total. The zero-order valence-corrected chi connectivity index (χ0v) is 12.5. The summed E-state index contributed by atoms with van der Waals surface area (Å²) in [5, 5.41) is 16.5. The third-order valence-electron chi connectivity index (χ3n) is 3.05. The number of aromatic nitrogens is 1. The molecule has 0 fully saturated rings. The molecule has 106 valence electrons. The molecule has 20 heavy (non-hydrogen) atoms. The second-order valence-corrected chi connectivity index (χ2v) is 5.46. The van der Waals surface area contributed by atoms with Crippen LogP contribution in [0.4, 0.5) is 5.82 Å². The summed E-state index contributed by atoms with van der Waals surface area (Å²) in [5.74, 6) is -0.293. The van der Waals surface area contributed by atoms with Crippen molar-refractivity contribution in [3.05, 3.63) is 45.3 Å². The molecule has 0 aliphatic carbocycles. The Morgan fingerprint density at radius 1 is 1.40 bits per heavy atom. The number of hydrogen-bond donors (Lipinski definition) is 2. The number of pyridine rings is 1. The lowest BCUT2D eigenvalue weighted by atomic mass is 10.1. The van der Waals surface area contributed by atoms with Crippen LogP contribution in [0.5, 0.6) is 0 Å². The Bertz CT molecular complexity index is 608. The van der Waals surface area contributed by atoms with Crippen molar-refractivity contribution >= 4 is 23.1 Å². The molecule has 0 unspecified atom stereocenters. The topological polar surface area (TPSA) is 62.2 Å². The average molecular weight is 290 g/mol. The van der Waals surface area contributed by atoms with E-state index >= 15 is 0 Å². The van der Waals surface area contributed by atoms with Crippen LogP contribution in [-0.2, 0) is 13.0 Å². The van der Waals surface area contributed by atoms with E-state index in [0.29, 0.717) is 12.4 Å². The molecule has 0 amide bonds. The molecule has 2 aromatic rings. The van der Waals surface area contributed by atoms with Crippen LogP contribution in [0.2, 0.25) is 0 Å². The van der Waals surface area contributed by atoms with Gasteiger partial charge in [0.1, 0.15) is 5.82 Å². The second kappa shape index (κ2) is 6.52. The normalized spacial score (nSPS) is 10.5. The minimum atomic E-state index is -0.917. The Morgan fingerprint density at radius 3 is 2.80 bits per heavy atom. The molecule has 0 radical (unpaired) electrons. The number of thiophene rings is 1. The van der Waals surface area contributed by atoms with Crippen LogP contribution < -0.4 is 5.32 Å². The summed E-state index contributed by atoms with van der Waals surface area (Å²) in [6.45, 7) is 4.78. The molecule has 2 heterocycles. The Kier molecular flexibility index (Phi) is 4.74. The Labute approximate surface area is 122 Å². The average Bonchev–Trinajstić information content (AvgIpc) is 2.82. The summed E-state index contributed by atoms with van der Waals surface area (Å²) >= 11 is 1.67. The van der Waals surface area contributed by atoms with Gasteiger partial charge in [0.05, 0.1) is 5.56 Å². The van der Waals surface area contributed by atoms with E-state index in [9.17, 15) is 4.79 Å². The first-order valence-electron chi connectivity index (χ1n) is 6.60. The van der Waals surface area contributed by atoms with Gasteiger partial charge in [-0.1, -0.05) is 13.3 Å². The molecule has 0 bridgehead atoms. The molecule has 0 spiro atoms. The van der Waals surface area contributed by atoms with Crippen molar-refractivity contribution in [2.45, 2.75) is 33.2 Å². The van der Waals surface area contributed by atoms with Gasteiger partial charge in [0.2, 0.25) is 0 Å². The highest BCUT2D eigenvalue weighted by molar-refractivity contribution is 7.08. The number of nitrogens with one attached hydrogen (secondary N) is 1. The maximum absolute atomic E-state index is 11.1. The second-order valence-electron chi connectivity index (χ2n) is 4.72. The summed E-state index contributed by atoms with van der Waals surface area (Å²) in [6, 6.07) is 3.23. The molecular weight excluding hydrogens is 272 g/mol. The summed E-state index contributed by atoms with van der Waals surface area (Å²) in [7, 11) is 0. The van der Waals surface area contributed by atoms with Crippen LogP contribution in [0.3, 0.4) is 0 Å². The zero-order valence-electron chi connectivity index (χ0n) is 11.6. The van der Waals surface area contributed by atoms with E-state index in [2.05, 4.69) is 34.9 Å². The first kappa shape index (κ1) is 14.5. The van der Waals surface area contributed by atoms with E-state index in [1.807, 2.05) is 0 Å². The lowest BCUT2D eigenvalue weighted by Gasteiger charge is -2.09. The number of nitrogens with zero attached hydrogens (tertiary/aromatic N) is 1. The van der Waals surface area contributed by atoms with Gasteiger partial charge in [-0.25, -0.2) is 9.78 Å². The molecule has 2 rings (SSSR count). The minimum absolute atomic E-state index is 0.285. The predicted octanol–water partition coefficient (Wildman–Crippen LogP) is 3.71. The zero-order chi connectivity index (χ0) is 14.5. The molecule has 0 saturated heterocycles. The van der Waals surface area contributed by atoms with Gasteiger partial charge in [-0.15, -0.1) is 0 Å². The van der Waals surface area contributed by atoms with Crippen molar-refractivity contribution in [1.29, 1.82) is 0 Å². The van der Waals surface area contributed by atoms with Gasteiger partial charge in [-0.2, -0.15) is 11.3 Å². The Hall–Kier alpha value is -1.88. The maximum atomic E-state index is 11.1. The van der Waals surface area contributed by atoms with Gasteiger partial charge in [0.25, 0.3) is 0 Å². The van der Waals surface area contributed by atoms with Crippen molar-refractivity contribution in [3.8, 4) is 0 Å². The molecule has 5 heteroatoms. The number of carbonyl (C=O) groups is 1. The number of carboxylic acid groups (broad SMARTS) is 1. The van der Waals surface area contributed by atoms with Gasteiger partial charge in [-0.05, 0) is 47.4 Å². The van der Waals surface area contributed by atoms with E-state index in [4.69, 9.17) is 5.11 Å². The predicted molar refractivity (Wildman–Crippen MR) is 81.6 cm³/mol. The van der Waals surface area contributed by atoms with Crippen molar-refractivity contribution < 1.29 is 9.90 Å². The third kappa shape index (κ3) is 3.57. The molecule has 2 aromatic heterocycles. The molecule has 0 aliphatic rings. The van der Waals surface area contributed by atoms with Crippen LogP contribution in [0.1, 0.15) is 40.5 Å². The monoisotopic (exact) mass is 290 g/mol. The number of anilines is 1. The SMILES string of the molecule is CCCc1cc(C(=O)O)cc(NCc2cscc2C)n1. The molecule has 0 saturated carbocycles. The molecule has 0 atom stereocenters. The van der Waals surface area contributed by atoms with Crippen molar-refractivity contribution in [2.75, 3.05) is 5.32 Å². The van der Waals surface area contributed by atoms with E-state index in [-0.39, 0.29) is 5.56 Å². The standard InChI is InChI=1S/C15H18N2O2S/c1-3-4-13-5-11(15(18)19)6-14(17-13)16-7-12-9-20-8-10(12)2/h5-6,8-9H,3-4,7H2,1-2H3,(H,16,17)(H,18,19). The van der Waals surface area contributed by atoms with E-state index in [1.54, 1.807) is 23.5 Å². The van der Waals surface area contributed by atoms with Crippen LogP contribution in [-0.4, -0.2) is 16.1 Å². The van der Waals surface area contributed by atoms with E-state index in [0.717, 1.165) is 18.5 Å². The molecule has 4 nitrogen and oxygen atoms in total. The molecule has 0 aromatic carbocycles. The quantitative estimate of drug-likeness (QED) is 0.851. The van der Waals surface area contributed by atoms with Crippen LogP contribution in [0.25, 0.3) is 0 Å². The highest BCUT2D eigenvalue weighted by atomic mass is 32.1. The first-order chi connectivity index (χ1) is 9.60. The van der Waals surface area contributed by atoms with Crippen LogP contribution >= 0.6 is 11.3 Å². The number of carboxylic acids is 1. The van der Waals surface area contributed by atoms with Gasteiger partial charge in [0.15, 0.2) is 0 Å². The van der Waals surface area contributed by atoms with E-state index < -0.39 is 5.97 Å². The fourth-order valence-electron chi connectivity index (χ4n) is 1.94. The lowest BCUT2D eigenvalue weighted by molar-refractivity contribution is 0.0696.